The second-order valence-corrected chi connectivity index (χ2v) is 7.67. The van der Waals surface area contributed by atoms with Crippen LogP contribution in [0.25, 0.3) is 11.5 Å². The molecule has 1 aromatic carbocycles. The topological polar surface area (TPSA) is 117 Å². The summed E-state index contributed by atoms with van der Waals surface area (Å²) in [6.07, 6.45) is 5.21. The van der Waals surface area contributed by atoms with E-state index in [1.807, 2.05) is 0 Å². The first-order valence-electron chi connectivity index (χ1n) is 10.1. The monoisotopic (exact) mass is 519 g/mol. The smallest absolute Gasteiger partial charge is 0.387 e. The predicted octanol–water partition coefficient (Wildman–Crippen LogP) is 4.58. The van der Waals surface area contributed by atoms with E-state index in [1.165, 1.54) is 24.4 Å². The molecule has 1 atom stereocenters. The summed E-state index contributed by atoms with van der Waals surface area (Å²) in [5.41, 5.74) is 6.92. The Labute approximate surface area is 206 Å². The molecule has 2 heterocycles. The predicted molar refractivity (Wildman–Crippen MR) is 125 cm³/mol. The maximum absolute atomic E-state index is 12.8. The van der Waals surface area contributed by atoms with Gasteiger partial charge in [-0.1, -0.05) is 0 Å². The summed E-state index contributed by atoms with van der Waals surface area (Å²) in [6, 6.07) is 3.74. The average molecular weight is 520 g/mol. The number of aromatic nitrogens is 3. The Hall–Kier alpha value is -2.89. The maximum atomic E-state index is 12.8. The number of nitrogens with one attached hydrogen (secondary N) is 1. The number of carbonyl (C=O) groups excluding carboxylic acids is 1. The van der Waals surface area contributed by atoms with Crippen LogP contribution in [0.3, 0.4) is 0 Å². The van der Waals surface area contributed by atoms with Crippen LogP contribution in [0, 0.1) is 5.92 Å². The third-order valence-corrected chi connectivity index (χ3v) is 4.82. The minimum absolute atomic E-state index is 0. The van der Waals surface area contributed by atoms with E-state index in [1.54, 1.807) is 24.9 Å². The number of amides is 1. The number of alkyl halides is 2. The van der Waals surface area contributed by atoms with Crippen LogP contribution in [0.5, 0.6) is 11.5 Å². The Morgan fingerprint density at radius 3 is 2.65 bits per heavy atom. The fraction of sp³-hybridized carbons (Fsp3) is 0.381. The minimum atomic E-state index is -2.99. The molecule has 1 fully saturated rings. The number of hydrogen-bond donors (Lipinski definition) is 2. The lowest BCUT2D eigenvalue weighted by Crippen LogP contribution is -2.17. The zero-order valence-electron chi connectivity index (χ0n) is 18.4. The third-order valence-electron chi connectivity index (χ3n) is 4.82. The van der Waals surface area contributed by atoms with Crippen molar-refractivity contribution in [2.24, 2.45) is 18.7 Å². The summed E-state index contributed by atoms with van der Waals surface area (Å²) in [6.45, 7) is -0.925. The number of aryl methyl sites for hydroxylation is 1. The van der Waals surface area contributed by atoms with E-state index in [0.29, 0.717) is 23.8 Å². The molecule has 1 aliphatic carbocycles. The van der Waals surface area contributed by atoms with Gasteiger partial charge >= 0.3 is 6.61 Å². The largest absolute Gasteiger partial charge is 0.489 e. The van der Waals surface area contributed by atoms with Crippen molar-refractivity contribution < 1.29 is 27.5 Å². The minimum Gasteiger partial charge on any atom is -0.489 e. The molecule has 3 aromatic rings. The van der Waals surface area contributed by atoms with Crippen molar-refractivity contribution >= 4 is 36.4 Å². The fourth-order valence-electron chi connectivity index (χ4n) is 3.04. The molecule has 186 valence electrons. The molecule has 9 nitrogen and oxygen atoms in total. The Morgan fingerprint density at radius 1 is 1.32 bits per heavy atom. The lowest BCUT2D eigenvalue weighted by Gasteiger charge is -2.12. The highest BCUT2D eigenvalue weighted by Gasteiger charge is 2.26. The number of ether oxygens (including phenoxy) is 2. The van der Waals surface area contributed by atoms with E-state index in [2.05, 4.69) is 20.1 Å². The number of oxazole rings is 1. The van der Waals surface area contributed by atoms with Crippen LogP contribution in [-0.4, -0.2) is 33.9 Å². The van der Waals surface area contributed by atoms with Gasteiger partial charge in [0.1, 0.15) is 0 Å². The molecule has 13 heteroatoms. The second-order valence-electron chi connectivity index (χ2n) is 7.67. The molecule has 0 radical (unpaired) electrons. The summed E-state index contributed by atoms with van der Waals surface area (Å²) in [7, 11) is 1.72. The number of hydrogen-bond acceptors (Lipinski definition) is 7. The number of anilines is 1. The molecule has 0 unspecified atom stereocenters. The van der Waals surface area contributed by atoms with Crippen molar-refractivity contribution in [3.8, 4) is 23.0 Å². The van der Waals surface area contributed by atoms with Crippen LogP contribution in [0.1, 0.15) is 42.1 Å². The standard InChI is InChI=1S/C21H23F2N5O4.2ClH/c1-11(24)18-17(19(29)26-14-8-25-28(2)9-14)27-20(32-18)13-5-6-15(31-21(22)23)16(7-13)30-10-12-3-4-12;;/h5-9,11-12,21H,3-4,10,24H2,1-2H3,(H,26,29);2*1H/t11-;;/m0../s1. The highest BCUT2D eigenvalue weighted by Crippen LogP contribution is 2.37. The van der Waals surface area contributed by atoms with E-state index in [-0.39, 0.29) is 53.7 Å². The van der Waals surface area contributed by atoms with Gasteiger partial charge in [-0.15, -0.1) is 24.8 Å². The van der Waals surface area contributed by atoms with E-state index in [4.69, 9.17) is 14.9 Å². The number of nitrogens with zero attached hydrogens (tertiary/aromatic N) is 3. The maximum Gasteiger partial charge on any atom is 0.387 e. The number of halogens is 4. The van der Waals surface area contributed by atoms with Crippen LogP contribution >= 0.6 is 24.8 Å². The number of benzene rings is 1. The summed E-state index contributed by atoms with van der Waals surface area (Å²) in [5.74, 6) is 0.258. The first-order valence-corrected chi connectivity index (χ1v) is 10.1. The summed E-state index contributed by atoms with van der Waals surface area (Å²) < 4.78 is 43.1. The van der Waals surface area contributed by atoms with Crippen molar-refractivity contribution in [3.63, 3.8) is 0 Å². The molecule has 0 saturated heterocycles. The van der Waals surface area contributed by atoms with Crippen molar-refractivity contribution in [1.29, 1.82) is 0 Å². The van der Waals surface area contributed by atoms with Gasteiger partial charge in [-0.3, -0.25) is 9.48 Å². The van der Waals surface area contributed by atoms with Gasteiger partial charge in [0, 0.05) is 18.8 Å². The van der Waals surface area contributed by atoms with Crippen molar-refractivity contribution in [3.05, 3.63) is 42.0 Å². The van der Waals surface area contributed by atoms with E-state index in [9.17, 15) is 13.6 Å². The molecule has 34 heavy (non-hydrogen) atoms. The van der Waals surface area contributed by atoms with Gasteiger partial charge in [0.05, 0.1) is 24.5 Å². The number of rotatable bonds is 9. The van der Waals surface area contributed by atoms with Gasteiger partial charge in [-0.05, 0) is 43.9 Å². The van der Waals surface area contributed by atoms with E-state index in [0.717, 1.165) is 12.8 Å². The van der Waals surface area contributed by atoms with Gasteiger partial charge in [0.15, 0.2) is 23.0 Å². The molecule has 2 aromatic heterocycles. The van der Waals surface area contributed by atoms with Crippen LogP contribution in [-0.2, 0) is 7.05 Å². The third kappa shape index (κ3) is 6.58. The zero-order chi connectivity index (χ0) is 22.8. The molecular weight excluding hydrogens is 495 g/mol. The lowest BCUT2D eigenvalue weighted by atomic mass is 10.2. The lowest BCUT2D eigenvalue weighted by molar-refractivity contribution is -0.0515. The second kappa shape index (κ2) is 11.5. The zero-order valence-corrected chi connectivity index (χ0v) is 20.0. The Bertz CT molecular complexity index is 1120. The van der Waals surface area contributed by atoms with Crippen LogP contribution in [0.2, 0.25) is 0 Å². The summed E-state index contributed by atoms with van der Waals surface area (Å²) >= 11 is 0. The fourth-order valence-corrected chi connectivity index (χ4v) is 3.04. The van der Waals surface area contributed by atoms with Gasteiger partial charge in [0.2, 0.25) is 5.89 Å². The molecule has 0 spiro atoms. The van der Waals surface area contributed by atoms with Crippen molar-refractivity contribution in [2.45, 2.75) is 32.4 Å². The first-order chi connectivity index (χ1) is 15.3. The van der Waals surface area contributed by atoms with E-state index >= 15 is 0 Å². The summed E-state index contributed by atoms with van der Waals surface area (Å²) in [4.78, 5) is 17.1. The molecule has 1 saturated carbocycles. The highest BCUT2D eigenvalue weighted by atomic mass is 35.5. The molecular formula is C21H25Cl2F2N5O4. The molecule has 0 aliphatic heterocycles. The average Bonchev–Trinajstić information content (AvgIpc) is 3.30. The Morgan fingerprint density at radius 2 is 2.06 bits per heavy atom. The molecule has 1 aliphatic rings. The van der Waals surface area contributed by atoms with Gasteiger partial charge in [-0.2, -0.15) is 13.9 Å². The SMILES string of the molecule is C[C@H](N)c1oc(-c2ccc(OC(F)F)c(OCC3CC3)c2)nc1C(=O)Nc1cnn(C)c1.Cl.Cl. The van der Waals surface area contributed by atoms with Crippen LogP contribution < -0.4 is 20.5 Å². The Balaban J connectivity index is 0.00000204. The van der Waals surface area contributed by atoms with Gasteiger partial charge < -0.3 is 24.9 Å². The first kappa shape index (κ1) is 27.4. The highest BCUT2D eigenvalue weighted by molar-refractivity contribution is 6.03. The normalized spacial score (nSPS) is 13.6. The Kier molecular flexibility index (Phi) is 9.25. The quantitative estimate of drug-likeness (QED) is 0.424. The van der Waals surface area contributed by atoms with Crippen molar-refractivity contribution in [1.82, 2.24) is 14.8 Å². The number of nitrogens with two attached hydrogens (primary N) is 1. The van der Waals surface area contributed by atoms with Gasteiger partial charge in [0.25, 0.3) is 5.91 Å². The van der Waals surface area contributed by atoms with E-state index < -0.39 is 18.6 Å². The summed E-state index contributed by atoms with van der Waals surface area (Å²) in [5, 5.41) is 6.69. The molecule has 3 N–H and O–H groups in total. The number of carbonyl (C=O) groups is 1. The van der Waals surface area contributed by atoms with Crippen molar-refractivity contribution in [2.75, 3.05) is 11.9 Å². The molecule has 0 bridgehead atoms. The molecule has 1 amide bonds. The van der Waals surface area contributed by atoms with Crippen LogP contribution in [0.15, 0.2) is 35.0 Å². The van der Waals surface area contributed by atoms with Crippen LogP contribution in [0.4, 0.5) is 14.5 Å². The van der Waals surface area contributed by atoms with Gasteiger partial charge in [-0.25, -0.2) is 4.98 Å². The molecule has 4 rings (SSSR count).